The summed E-state index contributed by atoms with van der Waals surface area (Å²) in [4.78, 5) is 10.3. The molecule has 1 aliphatic rings. The van der Waals surface area contributed by atoms with Crippen LogP contribution in [0.5, 0.6) is 0 Å². The van der Waals surface area contributed by atoms with E-state index in [1.165, 1.54) is 0 Å². The second-order valence-corrected chi connectivity index (χ2v) is 2.65. The molecule has 9 heavy (non-hydrogen) atoms. The first kappa shape index (κ1) is 6.55. The standard InChI is InChI=1S/C6H11NO2/c1-2-4-3-6(4,7)5(8)9/h4H,2-3,7H2,1H3,(H,8,9)/t4?,6-/m0/s1. The molecule has 0 radical (unpaired) electrons. The first-order chi connectivity index (χ1) is 4.11. The SMILES string of the molecule is CCC1C[C@@]1(N)C(=O)O. The second-order valence-electron chi connectivity index (χ2n) is 2.65. The van der Waals surface area contributed by atoms with Crippen molar-refractivity contribution in [3.8, 4) is 0 Å². The third-order valence-corrected chi connectivity index (χ3v) is 2.04. The van der Waals surface area contributed by atoms with Gasteiger partial charge in [0.05, 0.1) is 0 Å². The van der Waals surface area contributed by atoms with Gasteiger partial charge in [-0.1, -0.05) is 13.3 Å². The lowest BCUT2D eigenvalue weighted by Gasteiger charge is -2.01. The minimum absolute atomic E-state index is 0.218. The van der Waals surface area contributed by atoms with E-state index in [-0.39, 0.29) is 5.92 Å². The van der Waals surface area contributed by atoms with Crippen LogP contribution in [0.25, 0.3) is 0 Å². The van der Waals surface area contributed by atoms with Gasteiger partial charge in [0, 0.05) is 0 Å². The molecule has 52 valence electrons. The summed E-state index contributed by atoms with van der Waals surface area (Å²) in [5.74, 6) is -0.635. The van der Waals surface area contributed by atoms with Crippen LogP contribution < -0.4 is 5.73 Å². The average Bonchev–Trinajstić information content (AvgIpc) is 2.44. The van der Waals surface area contributed by atoms with E-state index in [1.807, 2.05) is 6.92 Å². The van der Waals surface area contributed by atoms with Crippen molar-refractivity contribution < 1.29 is 9.90 Å². The van der Waals surface area contributed by atoms with Crippen LogP contribution in [0.1, 0.15) is 19.8 Å². The van der Waals surface area contributed by atoms with E-state index in [2.05, 4.69) is 0 Å². The molecular weight excluding hydrogens is 118 g/mol. The van der Waals surface area contributed by atoms with E-state index in [9.17, 15) is 4.79 Å². The summed E-state index contributed by atoms with van der Waals surface area (Å²) >= 11 is 0. The number of nitrogens with two attached hydrogens (primary N) is 1. The molecule has 0 spiro atoms. The van der Waals surface area contributed by atoms with E-state index in [0.717, 1.165) is 6.42 Å². The van der Waals surface area contributed by atoms with Gasteiger partial charge < -0.3 is 10.8 Å². The number of carbonyl (C=O) groups is 1. The van der Waals surface area contributed by atoms with Crippen LogP contribution in [0.4, 0.5) is 0 Å². The third kappa shape index (κ3) is 0.812. The summed E-state index contributed by atoms with van der Waals surface area (Å²) in [6, 6.07) is 0. The van der Waals surface area contributed by atoms with Gasteiger partial charge >= 0.3 is 5.97 Å². The van der Waals surface area contributed by atoms with E-state index in [1.54, 1.807) is 0 Å². The van der Waals surface area contributed by atoms with Crippen molar-refractivity contribution in [2.75, 3.05) is 0 Å². The molecule has 1 fully saturated rings. The number of hydrogen-bond donors (Lipinski definition) is 2. The molecule has 3 N–H and O–H groups in total. The van der Waals surface area contributed by atoms with Crippen molar-refractivity contribution in [2.24, 2.45) is 11.7 Å². The summed E-state index contributed by atoms with van der Waals surface area (Å²) in [5.41, 5.74) is 4.58. The van der Waals surface area contributed by atoms with Gasteiger partial charge in [-0.2, -0.15) is 0 Å². The van der Waals surface area contributed by atoms with Crippen molar-refractivity contribution in [2.45, 2.75) is 25.3 Å². The number of carboxylic acids is 1. The highest BCUT2D eigenvalue weighted by Crippen LogP contribution is 2.43. The normalized spacial score (nSPS) is 40.4. The van der Waals surface area contributed by atoms with Crippen molar-refractivity contribution in [3.05, 3.63) is 0 Å². The monoisotopic (exact) mass is 129 g/mol. The average molecular weight is 129 g/mol. The highest BCUT2D eigenvalue weighted by molar-refractivity contribution is 5.82. The highest BCUT2D eigenvalue weighted by Gasteiger charge is 2.56. The summed E-state index contributed by atoms with van der Waals surface area (Å²) in [6.07, 6.45) is 1.53. The van der Waals surface area contributed by atoms with Gasteiger partial charge in [-0.25, -0.2) is 0 Å². The van der Waals surface area contributed by atoms with Gasteiger partial charge in [-0.05, 0) is 12.3 Å². The molecule has 1 unspecified atom stereocenters. The fourth-order valence-corrected chi connectivity index (χ4v) is 1.12. The first-order valence-corrected chi connectivity index (χ1v) is 3.13. The minimum Gasteiger partial charge on any atom is -0.480 e. The molecule has 0 amide bonds. The Balaban J connectivity index is 2.52. The molecule has 2 atom stereocenters. The van der Waals surface area contributed by atoms with Crippen molar-refractivity contribution in [1.82, 2.24) is 0 Å². The predicted octanol–water partition coefficient (Wildman–Crippen LogP) is 0.198. The van der Waals surface area contributed by atoms with Gasteiger partial charge in [0.2, 0.25) is 0 Å². The zero-order chi connectivity index (χ0) is 7.07. The van der Waals surface area contributed by atoms with Gasteiger partial charge in [-0.15, -0.1) is 0 Å². The predicted molar refractivity (Wildman–Crippen MR) is 33.0 cm³/mol. The quantitative estimate of drug-likeness (QED) is 0.559. The molecule has 1 saturated carbocycles. The van der Waals surface area contributed by atoms with E-state index in [4.69, 9.17) is 10.8 Å². The van der Waals surface area contributed by atoms with Crippen molar-refractivity contribution in [3.63, 3.8) is 0 Å². The van der Waals surface area contributed by atoms with E-state index < -0.39 is 11.5 Å². The van der Waals surface area contributed by atoms with Crippen LogP contribution in [0.15, 0.2) is 0 Å². The Morgan fingerprint density at radius 2 is 2.56 bits per heavy atom. The van der Waals surface area contributed by atoms with Crippen LogP contribution >= 0.6 is 0 Å². The molecule has 0 aromatic carbocycles. The Labute approximate surface area is 53.9 Å². The van der Waals surface area contributed by atoms with Crippen LogP contribution in [0.2, 0.25) is 0 Å². The fourth-order valence-electron chi connectivity index (χ4n) is 1.12. The van der Waals surface area contributed by atoms with Crippen LogP contribution in [-0.4, -0.2) is 16.6 Å². The zero-order valence-corrected chi connectivity index (χ0v) is 5.42. The van der Waals surface area contributed by atoms with Crippen molar-refractivity contribution >= 4 is 5.97 Å². The lowest BCUT2D eigenvalue weighted by atomic mass is 10.2. The maximum absolute atomic E-state index is 10.3. The lowest BCUT2D eigenvalue weighted by molar-refractivity contribution is -0.140. The second kappa shape index (κ2) is 1.70. The van der Waals surface area contributed by atoms with E-state index >= 15 is 0 Å². The van der Waals surface area contributed by atoms with E-state index in [0.29, 0.717) is 6.42 Å². The Morgan fingerprint density at radius 3 is 2.67 bits per heavy atom. The fraction of sp³-hybridized carbons (Fsp3) is 0.833. The molecule has 3 heteroatoms. The maximum atomic E-state index is 10.3. The molecule has 0 aromatic rings. The first-order valence-electron chi connectivity index (χ1n) is 3.13. The Morgan fingerprint density at radius 1 is 2.00 bits per heavy atom. The molecular formula is C6H11NO2. The largest absolute Gasteiger partial charge is 0.480 e. The zero-order valence-electron chi connectivity index (χ0n) is 5.42. The molecule has 1 rings (SSSR count). The number of rotatable bonds is 2. The molecule has 0 bridgehead atoms. The third-order valence-electron chi connectivity index (χ3n) is 2.04. The smallest absolute Gasteiger partial charge is 0.323 e. The minimum atomic E-state index is -0.866. The molecule has 3 nitrogen and oxygen atoms in total. The van der Waals surface area contributed by atoms with Gasteiger partial charge in [-0.3, -0.25) is 4.79 Å². The lowest BCUT2D eigenvalue weighted by Crippen LogP contribution is -2.34. The van der Waals surface area contributed by atoms with Crippen LogP contribution in [0, 0.1) is 5.92 Å². The van der Waals surface area contributed by atoms with Crippen LogP contribution in [-0.2, 0) is 4.79 Å². The summed E-state index contributed by atoms with van der Waals surface area (Å²) in [7, 11) is 0. The molecule has 0 aromatic heterocycles. The number of carboxylic acid groups (broad SMARTS) is 1. The summed E-state index contributed by atoms with van der Waals surface area (Å²) in [6.45, 7) is 1.96. The molecule has 0 aliphatic heterocycles. The van der Waals surface area contributed by atoms with Crippen molar-refractivity contribution in [1.29, 1.82) is 0 Å². The van der Waals surface area contributed by atoms with Gasteiger partial charge in [0.25, 0.3) is 0 Å². The van der Waals surface area contributed by atoms with Gasteiger partial charge in [0.1, 0.15) is 5.54 Å². The summed E-state index contributed by atoms with van der Waals surface area (Å²) in [5, 5.41) is 8.49. The summed E-state index contributed by atoms with van der Waals surface area (Å²) < 4.78 is 0. The topological polar surface area (TPSA) is 63.3 Å². The Kier molecular flexibility index (Phi) is 1.24. The van der Waals surface area contributed by atoms with Gasteiger partial charge in [0.15, 0.2) is 0 Å². The Bertz CT molecular complexity index is 146. The maximum Gasteiger partial charge on any atom is 0.323 e. The molecule has 1 aliphatic carbocycles. The number of hydrogen-bond acceptors (Lipinski definition) is 2. The number of aliphatic carboxylic acids is 1. The highest BCUT2D eigenvalue weighted by atomic mass is 16.4. The molecule has 0 saturated heterocycles. The Hall–Kier alpha value is -0.570. The van der Waals surface area contributed by atoms with Crippen LogP contribution in [0.3, 0.4) is 0 Å². The molecule has 0 heterocycles.